The number of methoxy groups -OCH3 is 1. The fourth-order valence-corrected chi connectivity index (χ4v) is 2.68. The molecule has 0 aliphatic carbocycles. The van der Waals surface area contributed by atoms with Crippen molar-refractivity contribution in [1.29, 1.82) is 0 Å². The summed E-state index contributed by atoms with van der Waals surface area (Å²) in [6.45, 7) is 4.03. The monoisotopic (exact) mass is 373 g/mol. The van der Waals surface area contributed by atoms with Gasteiger partial charge in [-0.25, -0.2) is 0 Å². The van der Waals surface area contributed by atoms with E-state index in [9.17, 15) is 4.79 Å². The Hall–Kier alpha value is -3.53. The SMILES string of the molecule is COc1ccc(C)cc1/C=C/C(=O)Nc1ccc(Oc2ccc(C)cc2)cc1. The minimum absolute atomic E-state index is 0.212. The van der Waals surface area contributed by atoms with E-state index in [0.29, 0.717) is 11.4 Å². The van der Waals surface area contributed by atoms with E-state index in [1.165, 1.54) is 11.6 Å². The lowest BCUT2D eigenvalue weighted by Crippen LogP contribution is -2.07. The zero-order chi connectivity index (χ0) is 19.9. The summed E-state index contributed by atoms with van der Waals surface area (Å²) in [5.41, 5.74) is 3.84. The van der Waals surface area contributed by atoms with Crippen LogP contribution in [-0.4, -0.2) is 13.0 Å². The summed E-state index contributed by atoms with van der Waals surface area (Å²) < 4.78 is 11.1. The molecule has 0 bridgehead atoms. The molecule has 3 aromatic carbocycles. The maximum Gasteiger partial charge on any atom is 0.248 e. The highest BCUT2D eigenvalue weighted by Crippen LogP contribution is 2.24. The van der Waals surface area contributed by atoms with Crippen LogP contribution < -0.4 is 14.8 Å². The lowest BCUT2D eigenvalue weighted by atomic mass is 10.1. The average Bonchev–Trinajstić information content (AvgIpc) is 2.70. The minimum Gasteiger partial charge on any atom is -0.496 e. The molecule has 0 fully saturated rings. The van der Waals surface area contributed by atoms with Gasteiger partial charge in [0.15, 0.2) is 0 Å². The molecule has 0 heterocycles. The van der Waals surface area contributed by atoms with Gasteiger partial charge in [-0.1, -0.05) is 29.3 Å². The van der Waals surface area contributed by atoms with Gasteiger partial charge in [0.25, 0.3) is 0 Å². The lowest BCUT2D eigenvalue weighted by molar-refractivity contribution is -0.111. The number of hydrogen-bond acceptors (Lipinski definition) is 3. The minimum atomic E-state index is -0.212. The Bertz CT molecular complexity index is 974. The van der Waals surface area contributed by atoms with Gasteiger partial charge >= 0.3 is 0 Å². The Kier molecular flexibility index (Phi) is 6.12. The van der Waals surface area contributed by atoms with Crippen molar-refractivity contribution >= 4 is 17.7 Å². The second kappa shape index (κ2) is 8.91. The molecule has 3 rings (SSSR count). The van der Waals surface area contributed by atoms with Crippen molar-refractivity contribution in [3.05, 3.63) is 89.5 Å². The van der Waals surface area contributed by atoms with Gasteiger partial charge in [-0.05, 0) is 68.5 Å². The Morgan fingerprint density at radius 1 is 0.857 bits per heavy atom. The first kappa shape index (κ1) is 19.2. The normalized spacial score (nSPS) is 10.7. The highest BCUT2D eigenvalue weighted by molar-refractivity contribution is 6.02. The second-order valence-corrected chi connectivity index (χ2v) is 6.51. The highest BCUT2D eigenvalue weighted by atomic mass is 16.5. The molecule has 0 aliphatic heterocycles. The summed E-state index contributed by atoms with van der Waals surface area (Å²) in [7, 11) is 1.61. The van der Waals surface area contributed by atoms with Crippen LogP contribution in [0.2, 0.25) is 0 Å². The third kappa shape index (κ3) is 5.24. The summed E-state index contributed by atoms with van der Waals surface area (Å²) in [4.78, 5) is 12.2. The molecule has 0 saturated heterocycles. The molecule has 28 heavy (non-hydrogen) atoms. The molecule has 1 amide bonds. The molecule has 3 aromatic rings. The number of ether oxygens (including phenoxy) is 2. The molecule has 0 spiro atoms. The van der Waals surface area contributed by atoms with Crippen molar-refractivity contribution in [2.75, 3.05) is 12.4 Å². The fourth-order valence-electron chi connectivity index (χ4n) is 2.68. The van der Waals surface area contributed by atoms with E-state index < -0.39 is 0 Å². The van der Waals surface area contributed by atoms with Crippen molar-refractivity contribution in [2.45, 2.75) is 13.8 Å². The second-order valence-electron chi connectivity index (χ2n) is 6.51. The third-order valence-corrected chi connectivity index (χ3v) is 4.18. The van der Waals surface area contributed by atoms with Crippen LogP contribution in [0, 0.1) is 13.8 Å². The van der Waals surface area contributed by atoms with Gasteiger partial charge in [-0.15, -0.1) is 0 Å². The smallest absolute Gasteiger partial charge is 0.248 e. The van der Waals surface area contributed by atoms with Crippen molar-refractivity contribution in [3.63, 3.8) is 0 Å². The van der Waals surface area contributed by atoms with Crippen LogP contribution in [0.5, 0.6) is 17.2 Å². The molecule has 142 valence electrons. The molecule has 4 nitrogen and oxygen atoms in total. The van der Waals surface area contributed by atoms with Crippen LogP contribution in [-0.2, 0) is 4.79 Å². The Morgan fingerprint density at radius 3 is 2.11 bits per heavy atom. The van der Waals surface area contributed by atoms with Crippen molar-refractivity contribution in [3.8, 4) is 17.2 Å². The molecule has 0 aromatic heterocycles. The van der Waals surface area contributed by atoms with Gasteiger partial charge in [-0.2, -0.15) is 0 Å². The predicted molar refractivity (Wildman–Crippen MR) is 113 cm³/mol. The number of anilines is 1. The van der Waals surface area contributed by atoms with E-state index in [1.807, 2.05) is 80.6 Å². The van der Waals surface area contributed by atoms with Gasteiger partial charge in [0.2, 0.25) is 5.91 Å². The number of hydrogen-bond donors (Lipinski definition) is 1. The summed E-state index contributed by atoms with van der Waals surface area (Å²) in [5.74, 6) is 2.00. The summed E-state index contributed by atoms with van der Waals surface area (Å²) in [5, 5.41) is 2.84. The number of aryl methyl sites for hydroxylation is 2. The number of benzene rings is 3. The molecule has 4 heteroatoms. The van der Waals surface area contributed by atoms with Crippen molar-refractivity contribution in [2.24, 2.45) is 0 Å². The maximum absolute atomic E-state index is 12.2. The fraction of sp³-hybridized carbons (Fsp3) is 0.125. The molecule has 0 saturated carbocycles. The molecule has 1 N–H and O–H groups in total. The average molecular weight is 373 g/mol. The molecular weight excluding hydrogens is 350 g/mol. The number of amides is 1. The van der Waals surface area contributed by atoms with Gasteiger partial charge in [0, 0.05) is 17.3 Å². The first-order valence-corrected chi connectivity index (χ1v) is 9.02. The number of carbonyl (C=O) groups excluding carboxylic acids is 1. The van der Waals surface area contributed by atoms with Crippen LogP contribution in [0.3, 0.4) is 0 Å². The third-order valence-electron chi connectivity index (χ3n) is 4.18. The Morgan fingerprint density at radius 2 is 1.46 bits per heavy atom. The lowest BCUT2D eigenvalue weighted by Gasteiger charge is -2.08. The largest absolute Gasteiger partial charge is 0.496 e. The van der Waals surface area contributed by atoms with Crippen molar-refractivity contribution < 1.29 is 14.3 Å². The first-order chi connectivity index (χ1) is 13.5. The summed E-state index contributed by atoms with van der Waals surface area (Å²) in [6.07, 6.45) is 3.24. The van der Waals surface area contributed by atoms with Gasteiger partial charge in [-0.3, -0.25) is 4.79 Å². The van der Waals surface area contributed by atoms with E-state index in [0.717, 1.165) is 22.6 Å². The number of carbonyl (C=O) groups is 1. The predicted octanol–water partition coefficient (Wildman–Crippen LogP) is 5.76. The summed E-state index contributed by atoms with van der Waals surface area (Å²) >= 11 is 0. The van der Waals surface area contributed by atoms with E-state index in [4.69, 9.17) is 9.47 Å². The number of rotatable bonds is 6. The van der Waals surface area contributed by atoms with Gasteiger partial charge in [0.05, 0.1) is 7.11 Å². The highest BCUT2D eigenvalue weighted by Gasteiger charge is 2.03. The van der Waals surface area contributed by atoms with Crippen LogP contribution in [0.15, 0.2) is 72.8 Å². The zero-order valence-electron chi connectivity index (χ0n) is 16.2. The zero-order valence-corrected chi connectivity index (χ0v) is 16.2. The molecular formula is C24H23NO3. The van der Waals surface area contributed by atoms with Crippen LogP contribution in [0.25, 0.3) is 6.08 Å². The maximum atomic E-state index is 12.2. The Labute approximate surface area is 165 Å². The van der Waals surface area contributed by atoms with Crippen LogP contribution in [0.1, 0.15) is 16.7 Å². The molecule has 0 unspecified atom stereocenters. The van der Waals surface area contributed by atoms with E-state index in [1.54, 1.807) is 13.2 Å². The Balaban J connectivity index is 1.61. The number of nitrogens with one attached hydrogen (secondary N) is 1. The molecule has 0 aliphatic rings. The van der Waals surface area contributed by atoms with E-state index in [-0.39, 0.29) is 5.91 Å². The topological polar surface area (TPSA) is 47.6 Å². The van der Waals surface area contributed by atoms with E-state index >= 15 is 0 Å². The quantitative estimate of drug-likeness (QED) is 0.559. The first-order valence-electron chi connectivity index (χ1n) is 9.02. The standard InChI is InChI=1S/C24H23NO3/c1-17-4-10-21(11-5-17)28-22-12-8-20(9-13-22)25-24(26)15-7-19-16-18(2)6-14-23(19)27-3/h4-16H,1-3H3,(H,25,26)/b15-7+. The van der Waals surface area contributed by atoms with Gasteiger partial charge in [0.1, 0.15) is 17.2 Å². The van der Waals surface area contributed by atoms with Gasteiger partial charge < -0.3 is 14.8 Å². The van der Waals surface area contributed by atoms with E-state index in [2.05, 4.69) is 5.32 Å². The molecule has 0 atom stereocenters. The summed E-state index contributed by atoms with van der Waals surface area (Å²) in [6, 6.07) is 20.9. The van der Waals surface area contributed by atoms with Crippen LogP contribution in [0.4, 0.5) is 5.69 Å². The van der Waals surface area contributed by atoms with Crippen LogP contribution >= 0.6 is 0 Å². The molecule has 0 radical (unpaired) electrons. The van der Waals surface area contributed by atoms with Crippen molar-refractivity contribution in [1.82, 2.24) is 0 Å².